The van der Waals surface area contributed by atoms with Crippen molar-refractivity contribution in [3.05, 3.63) is 35.4 Å². The number of benzene rings is 1. The lowest BCUT2D eigenvalue weighted by Gasteiger charge is -2.36. The molecule has 6 heteroatoms. The minimum Gasteiger partial charge on any atom is -0.338 e. The van der Waals surface area contributed by atoms with Crippen molar-refractivity contribution in [2.24, 2.45) is 0 Å². The average Bonchev–Trinajstić information content (AvgIpc) is 2.60. The Morgan fingerprint density at radius 2 is 2.00 bits per heavy atom. The number of nitrogens with zero attached hydrogens (tertiary/aromatic N) is 1. The van der Waals surface area contributed by atoms with Gasteiger partial charge in [0.05, 0.1) is 6.54 Å². The lowest BCUT2D eigenvalue weighted by molar-refractivity contribution is -0.122. The van der Waals surface area contributed by atoms with Gasteiger partial charge in [-0.25, -0.2) is 4.79 Å². The molecular formula is C18H28N4O2. The standard InChI is InChI=1S/C18H28N4O2/c1-3-9-20-18(24)21-17(23)13-22-11-10-19-12-16(22)15-7-5-14(4-2)6-8-15/h5-8,16,19H,3-4,9-13H2,1-2H3,(H2,20,21,23,24). The molecule has 0 bridgehead atoms. The fraction of sp³-hybridized carbons (Fsp3) is 0.556. The molecule has 1 aromatic carbocycles. The van der Waals surface area contributed by atoms with Crippen LogP contribution in [0.2, 0.25) is 0 Å². The Hall–Kier alpha value is -1.92. The van der Waals surface area contributed by atoms with Crippen LogP contribution in [0.3, 0.4) is 0 Å². The topological polar surface area (TPSA) is 73.5 Å². The van der Waals surface area contributed by atoms with Crippen LogP contribution >= 0.6 is 0 Å². The van der Waals surface area contributed by atoms with Gasteiger partial charge in [-0.3, -0.25) is 15.0 Å². The van der Waals surface area contributed by atoms with E-state index in [1.807, 2.05) is 6.92 Å². The maximum absolute atomic E-state index is 12.1. The van der Waals surface area contributed by atoms with Crippen LogP contribution in [0.1, 0.15) is 37.4 Å². The van der Waals surface area contributed by atoms with E-state index >= 15 is 0 Å². The molecule has 6 nitrogen and oxygen atoms in total. The van der Waals surface area contributed by atoms with Crippen molar-refractivity contribution in [2.45, 2.75) is 32.7 Å². The maximum Gasteiger partial charge on any atom is 0.321 e. The van der Waals surface area contributed by atoms with E-state index in [1.165, 1.54) is 11.1 Å². The van der Waals surface area contributed by atoms with Crippen LogP contribution in [0.15, 0.2) is 24.3 Å². The number of nitrogens with one attached hydrogen (secondary N) is 3. The van der Waals surface area contributed by atoms with E-state index < -0.39 is 6.03 Å². The highest BCUT2D eigenvalue weighted by Gasteiger charge is 2.25. The molecule has 3 amide bonds. The Kier molecular flexibility index (Phi) is 7.21. The number of rotatable bonds is 6. The molecule has 1 aliphatic heterocycles. The second kappa shape index (κ2) is 9.39. The lowest BCUT2D eigenvalue weighted by Crippen LogP contribution is -2.51. The normalized spacial score (nSPS) is 18.2. The summed E-state index contributed by atoms with van der Waals surface area (Å²) in [5, 5.41) is 8.44. The molecule has 24 heavy (non-hydrogen) atoms. The molecule has 0 aliphatic carbocycles. The summed E-state index contributed by atoms with van der Waals surface area (Å²) in [7, 11) is 0. The third kappa shape index (κ3) is 5.32. The zero-order valence-electron chi connectivity index (χ0n) is 14.6. The number of hydrogen-bond acceptors (Lipinski definition) is 4. The predicted octanol–water partition coefficient (Wildman–Crippen LogP) is 1.43. The Balaban J connectivity index is 1.95. The number of aryl methyl sites for hydroxylation is 1. The summed E-state index contributed by atoms with van der Waals surface area (Å²) < 4.78 is 0. The Morgan fingerprint density at radius 3 is 2.67 bits per heavy atom. The third-order valence-corrected chi connectivity index (χ3v) is 4.26. The predicted molar refractivity (Wildman–Crippen MR) is 94.8 cm³/mol. The summed E-state index contributed by atoms with van der Waals surface area (Å²) in [6.45, 7) is 7.33. The number of imide groups is 1. The first kappa shape index (κ1) is 18.4. The fourth-order valence-electron chi connectivity index (χ4n) is 2.87. The van der Waals surface area contributed by atoms with E-state index in [9.17, 15) is 9.59 Å². The van der Waals surface area contributed by atoms with Crippen molar-refractivity contribution in [1.29, 1.82) is 0 Å². The van der Waals surface area contributed by atoms with Crippen molar-refractivity contribution in [3.63, 3.8) is 0 Å². The summed E-state index contributed by atoms with van der Waals surface area (Å²) >= 11 is 0. The first-order valence-electron chi connectivity index (χ1n) is 8.75. The first-order chi connectivity index (χ1) is 11.6. The van der Waals surface area contributed by atoms with Gasteiger partial charge < -0.3 is 10.6 Å². The molecule has 1 unspecified atom stereocenters. The highest BCUT2D eigenvalue weighted by Crippen LogP contribution is 2.22. The van der Waals surface area contributed by atoms with Gasteiger partial charge >= 0.3 is 6.03 Å². The number of urea groups is 1. The zero-order chi connectivity index (χ0) is 17.4. The quantitative estimate of drug-likeness (QED) is 0.737. The molecule has 1 saturated heterocycles. The molecule has 132 valence electrons. The van der Waals surface area contributed by atoms with Crippen LogP contribution in [-0.2, 0) is 11.2 Å². The van der Waals surface area contributed by atoms with Crippen molar-refractivity contribution in [2.75, 3.05) is 32.7 Å². The minimum atomic E-state index is -0.416. The zero-order valence-corrected chi connectivity index (χ0v) is 14.6. The minimum absolute atomic E-state index is 0.147. The molecular weight excluding hydrogens is 304 g/mol. The van der Waals surface area contributed by atoms with Crippen LogP contribution in [0, 0.1) is 0 Å². The smallest absolute Gasteiger partial charge is 0.321 e. The maximum atomic E-state index is 12.1. The summed E-state index contributed by atoms with van der Waals surface area (Å²) in [6, 6.07) is 8.28. The molecule has 2 rings (SSSR count). The second-order valence-electron chi connectivity index (χ2n) is 6.09. The first-order valence-corrected chi connectivity index (χ1v) is 8.75. The number of carbonyl (C=O) groups excluding carboxylic acids is 2. The third-order valence-electron chi connectivity index (χ3n) is 4.26. The number of piperazine rings is 1. The van der Waals surface area contributed by atoms with Crippen molar-refractivity contribution < 1.29 is 9.59 Å². The molecule has 1 aliphatic rings. The van der Waals surface area contributed by atoms with E-state index in [2.05, 4.69) is 52.0 Å². The SMILES string of the molecule is CCCNC(=O)NC(=O)CN1CCNCC1c1ccc(CC)cc1. The molecule has 1 heterocycles. The summed E-state index contributed by atoms with van der Waals surface area (Å²) in [5.74, 6) is -0.263. The van der Waals surface area contributed by atoms with Gasteiger partial charge in [0.15, 0.2) is 0 Å². The highest BCUT2D eigenvalue weighted by molar-refractivity contribution is 5.95. The molecule has 0 aromatic heterocycles. The van der Waals surface area contributed by atoms with Gasteiger partial charge in [0, 0.05) is 32.2 Å². The highest BCUT2D eigenvalue weighted by atomic mass is 16.2. The fourth-order valence-corrected chi connectivity index (χ4v) is 2.87. The second-order valence-corrected chi connectivity index (χ2v) is 6.09. The molecule has 0 radical (unpaired) electrons. The van der Waals surface area contributed by atoms with Gasteiger partial charge in [0.25, 0.3) is 0 Å². The van der Waals surface area contributed by atoms with Crippen LogP contribution in [-0.4, -0.2) is 49.6 Å². The number of hydrogen-bond donors (Lipinski definition) is 3. The Morgan fingerprint density at radius 1 is 1.25 bits per heavy atom. The van der Waals surface area contributed by atoms with Gasteiger partial charge in [-0.05, 0) is 24.0 Å². The number of amides is 3. The van der Waals surface area contributed by atoms with E-state index in [0.717, 1.165) is 32.5 Å². The largest absolute Gasteiger partial charge is 0.338 e. The van der Waals surface area contributed by atoms with Crippen LogP contribution in [0.25, 0.3) is 0 Å². The van der Waals surface area contributed by atoms with E-state index in [-0.39, 0.29) is 18.5 Å². The monoisotopic (exact) mass is 332 g/mol. The van der Waals surface area contributed by atoms with Gasteiger partial charge in [0.2, 0.25) is 5.91 Å². The van der Waals surface area contributed by atoms with Crippen molar-refractivity contribution in [3.8, 4) is 0 Å². The van der Waals surface area contributed by atoms with Crippen molar-refractivity contribution >= 4 is 11.9 Å². The van der Waals surface area contributed by atoms with Crippen LogP contribution < -0.4 is 16.0 Å². The lowest BCUT2D eigenvalue weighted by atomic mass is 10.0. The van der Waals surface area contributed by atoms with Gasteiger partial charge in [-0.2, -0.15) is 0 Å². The Labute approximate surface area is 144 Å². The summed E-state index contributed by atoms with van der Waals surface area (Å²) in [5.41, 5.74) is 2.50. The van der Waals surface area contributed by atoms with Gasteiger partial charge in [-0.1, -0.05) is 38.1 Å². The van der Waals surface area contributed by atoms with Crippen LogP contribution in [0.4, 0.5) is 4.79 Å². The van der Waals surface area contributed by atoms with Crippen molar-refractivity contribution in [1.82, 2.24) is 20.9 Å². The molecule has 0 saturated carbocycles. The van der Waals surface area contributed by atoms with Gasteiger partial charge in [-0.15, -0.1) is 0 Å². The van der Waals surface area contributed by atoms with E-state index in [0.29, 0.717) is 6.54 Å². The summed E-state index contributed by atoms with van der Waals surface area (Å²) in [4.78, 5) is 25.9. The number of carbonyl (C=O) groups is 2. The molecule has 1 aromatic rings. The van der Waals surface area contributed by atoms with E-state index in [4.69, 9.17) is 0 Å². The summed E-state index contributed by atoms with van der Waals surface area (Å²) in [6.07, 6.45) is 1.86. The molecule has 1 fully saturated rings. The molecule has 0 spiro atoms. The molecule has 1 atom stereocenters. The molecule has 3 N–H and O–H groups in total. The van der Waals surface area contributed by atoms with Crippen LogP contribution in [0.5, 0.6) is 0 Å². The Bertz CT molecular complexity index is 544. The van der Waals surface area contributed by atoms with Gasteiger partial charge in [0.1, 0.15) is 0 Å². The average molecular weight is 332 g/mol. The van der Waals surface area contributed by atoms with E-state index in [1.54, 1.807) is 0 Å².